The lowest BCUT2D eigenvalue weighted by Gasteiger charge is -2.21. The summed E-state index contributed by atoms with van der Waals surface area (Å²) in [5, 5.41) is 7.22. The fourth-order valence-corrected chi connectivity index (χ4v) is 3.53. The van der Waals surface area contributed by atoms with Gasteiger partial charge in [-0.05, 0) is 37.6 Å². The molecule has 1 saturated heterocycles. The van der Waals surface area contributed by atoms with E-state index in [1.54, 1.807) is 11.3 Å². The Morgan fingerprint density at radius 3 is 2.96 bits per heavy atom. The molecule has 6 nitrogen and oxygen atoms in total. The lowest BCUT2D eigenvalue weighted by Crippen LogP contribution is -3.13. The van der Waals surface area contributed by atoms with Gasteiger partial charge < -0.3 is 15.0 Å². The molecule has 3 amide bonds. The molecular weight excluding hydrogens is 326 g/mol. The van der Waals surface area contributed by atoms with E-state index in [1.807, 2.05) is 25.3 Å². The number of thiophene rings is 1. The van der Waals surface area contributed by atoms with Crippen LogP contribution in [0.15, 0.2) is 17.5 Å². The molecule has 2 rings (SSSR count). The van der Waals surface area contributed by atoms with E-state index in [1.165, 1.54) is 4.88 Å². The quantitative estimate of drug-likeness (QED) is 0.650. The van der Waals surface area contributed by atoms with Crippen LogP contribution in [0.2, 0.25) is 0 Å². The van der Waals surface area contributed by atoms with E-state index in [0.717, 1.165) is 43.9 Å². The standard InChI is InChI=1S/C17H27N3O3S/c1-3-13(2)18-17(22)19-16(21)12-20(10-14-6-4-8-23-14)11-15-7-5-9-24-15/h5,7,9,13-14H,3-4,6,8,10-12H2,1-2H3,(H2,18,19,21,22)/p+1/t13-,14+/m1/s1. The summed E-state index contributed by atoms with van der Waals surface area (Å²) >= 11 is 1.69. The van der Waals surface area contributed by atoms with Crippen molar-refractivity contribution < 1.29 is 19.2 Å². The van der Waals surface area contributed by atoms with E-state index in [2.05, 4.69) is 16.7 Å². The van der Waals surface area contributed by atoms with E-state index in [9.17, 15) is 9.59 Å². The number of amides is 3. The molecule has 0 bridgehead atoms. The van der Waals surface area contributed by atoms with Crippen LogP contribution in [0, 0.1) is 0 Å². The van der Waals surface area contributed by atoms with Gasteiger partial charge >= 0.3 is 6.03 Å². The zero-order valence-corrected chi connectivity index (χ0v) is 15.3. The molecule has 1 unspecified atom stereocenters. The number of rotatable bonds is 8. The molecule has 3 atom stereocenters. The van der Waals surface area contributed by atoms with Crippen LogP contribution in [0.3, 0.4) is 0 Å². The smallest absolute Gasteiger partial charge is 0.321 e. The molecule has 1 aromatic heterocycles. The number of urea groups is 1. The molecular formula is C17H28N3O3S+. The van der Waals surface area contributed by atoms with Crippen molar-refractivity contribution in [2.45, 2.75) is 51.8 Å². The van der Waals surface area contributed by atoms with E-state index >= 15 is 0 Å². The second kappa shape index (κ2) is 9.76. The summed E-state index contributed by atoms with van der Waals surface area (Å²) < 4.78 is 5.70. The maximum Gasteiger partial charge on any atom is 0.321 e. The molecule has 3 N–H and O–H groups in total. The first kappa shape index (κ1) is 18.9. The number of imide groups is 1. The summed E-state index contributed by atoms with van der Waals surface area (Å²) in [6.07, 6.45) is 3.17. The van der Waals surface area contributed by atoms with E-state index in [-0.39, 0.29) is 24.6 Å². The molecule has 0 aliphatic carbocycles. The van der Waals surface area contributed by atoms with Crippen LogP contribution < -0.4 is 15.5 Å². The van der Waals surface area contributed by atoms with Crippen molar-refractivity contribution in [1.29, 1.82) is 0 Å². The summed E-state index contributed by atoms with van der Waals surface area (Å²) in [5.74, 6) is -0.250. The van der Waals surface area contributed by atoms with Crippen molar-refractivity contribution in [3.8, 4) is 0 Å². The van der Waals surface area contributed by atoms with Crippen LogP contribution in [0.5, 0.6) is 0 Å². The van der Waals surface area contributed by atoms with Crippen LogP contribution in [-0.2, 0) is 16.1 Å². The zero-order valence-electron chi connectivity index (χ0n) is 14.5. The number of hydrogen-bond acceptors (Lipinski definition) is 4. The predicted molar refractivity (Wildman–Crippen MR) is 94.1 cm³/mol. The number of quaternary nitrogens is 1. The first-order valence-electron chi connectivity index (χ1n) is 8.64. The van der Waals surface area contributed by atoms with Gasteiger partial charge in [0.2, 0.25) is 0 Å². The molecule has 1 aliphatic rings. The van der Waals surface area contributed by atoms with E-state index in [4.69, 9.17) is 4.74 Å². The van der Waals surface area contributed by atoms with Gasteiger partial charge in [0.1, 0.15) is 19.2 Å². The Morgan fingerprint density at radius 1 is 1.50 bits per heavy atom. The highest BCUT2D eigenvalue weighted by atomic mass is 32.1. The molecule has 0 radical (unpaired) electrons. The third kappa shape index (κ3) is 6.59. The Balaban J connectivity index is 1.85. The van der Waals surface area contributed by atoms with Crippen molar-refractivity contribution in [3.05, 3.63) is 22.4 Å². The van der Waals surface area contributed by atoms with Crippen LogP contribution in [0.1, 0.15) is 38.0 Å². The molecule has 7 heteroatoms. The lowest BCUT2D eigenvalue weighted by molar-refractivity contribution is -0.908. The van der Waals surface area contributed by atoms with Gasteiger partial charge in [-0.3, -0.25) is 10.1 Å². The Labute approximate surface area is 147 Å². The second-order valence-electron chi connectivity index (χ2n) is 6.35. The molecule has 1 fully saturated rings. The van der Waals surface area contributed by atoms with Gasteiger partial charge in [0.05, 0.1) is 4.88 Å². The molecule has 1 aliphatic heterocycles. The molecule has 1 aromatic rings. The monoisotopic (exact) mass is 354 g/mol. The van der Waals surface area contributed by atoms with Gasteiger partial charge in [-0.1, -0.05) is 13.0 Å². The molecule has 0 aromatic carbocycles. The van der Waals surface area contributed by atoms with Crippen molar-refractivity contribution >= 4 is 23.3 Å². The van der Waals surface area contributed by atoms with E-state index in [0.29, 0.717) is 0 Å². The average Bonchev–Trinajstić information content (AvgIpc) is 3.20. The summed E-state index contributed by atoms with van der Waals surface area (Å²) in [6, 6.07) is 3.73. The van der Waals surface area contributed by atoms with Crippen LogP contribution in [-0.4, -0.2) is 43.8 Å². The normalized spacial score (nSPS) is 19.7. The Bertz CT molecular complexity index is 515. The van der Waals surface area contributed by atoms with E-state index < -0.39 is 6.03 Å². The van der Waals surface area contributed by atoms with Crippen molar-refractivity contribution in [1.82, 2.24) is 10.6 Å². The van der Waals surface area contributed by atoms with Gasteiger partial charge in [-0.25, -0.2) is 4.79 Å². The number of nitrogens with one attached hydrogen (secondary N) is 3. The van der Waals surface area contributed by atoms with Gasteiger partial charge in [-0.15, -0.1) is 11.3 Å². The second-order valence-corrected chi connectivity index (χ2v) is 7.39. The van der Waals surface area contributed by atoms with Gasteiger partial charge in [0, 0.05) is 12.6 Å². The highest BCUT2D eigenvalue weighted by Gasteiger charge is 2.25. The molecule has 24 heavy (non-hydrogen) atoms. The average molecular weight is 354 g/mol. The third-order valence-corrected chi connectivity index (χ3v) is 5.07. The summed E-state index contributed by atoms with van der Waals surface area (Å²) in [7, 11) is 0. The minimum Gasteiger partial charge on any atom is -0.372 e. The van der Waals surface area contributed by atoms with Gasteiger partial charge in [-0.2, -0.15) is 0 Å². The van der Waals surface area contributed by atoms with Crippen molar-refractivity contribution in [3.63, 3.8) is 0 Å². The topological polar surface area (TPSA) is 71.9 Å². The highest BCUT2D eigenvalue weighted by molar-refractivity contribution is 7.09. The Hall–Kier alpha value is -1.44. The fraction of sp³-hybridized carbons (Fsp3) is 0.647. The zero-order chi connectivity index (χ0) is 17.4. The first-order valence-corrected chi connectivity index (χ1v) is 9.52. The summed E-state index contributed by atoms with van der Waals surface area (Å²) in [6.45, 7) is 6.54. The number of hydrogen-bond donors (Lipinski definition) is 3. The summed E-state index contributed by atoms with van der Waals surface area (Å²) in [4.78, 5) is 26.4. The van der Waals surface area contributed by atoms with Crippen LogP contribution in [0.25, 0.3) is 0 Å². The molecule has 2 heterocycles. The lowest BCUT2D eigenvalue weighted by atomic mass is 10.2. The fourth-order valence-electron chi connectivity index (χ4n) is 2.75. The Morgan fingerprint density at radius 2 is 2.33 bits per heavy atom. The predicted octanol–water partition coefficient (Wildman–Crippen LogP) is 0.936. The first-order chi connectivity index (χ1) is 11.6. The third-order valence-electron chi connectivity index (χ3n) is 4.20. The molecule has 0 saturated carbocycles. The maximum absolute atomic E-state index is 12.2. The molecule has 134 valence electrons. The number of carbonyl (C=O) groups is 2. The SMILES string of the molecule is CC[C@@H](C)NC(=O)NC(=O)C[NH+](Cc1cccs1)C[C@@H]1CCCO1. The van der Waals surface area contributed by atoms with Crippen LogP contribution in [0.4, 0.5) is 4.79 Å². The van der Waals surface area contributed by atoms with Crippen molar-refractivity contribution in [2.24, 2.45) is 0 Å². The van der Waals surface area contributed by atoms with Gasteiger partial charge in [0.25, 0.3) is 5.91 Å². The summed E-state index contributed by atoms with van der Waals surface area (Å²) in [5.41, 5.74) is 0. The maximum atomic E-state index is 12.2. The van der Waals surface area contributed by atoms with Gasteiger partial charge in [0.15, 0.2) is 6.54 Å². The number of carbonyl (C=O) groups excluding carboxylic acids is 2. The van der Waals surface area contributed by atoms with Crippen LogP contribution >= 0.6 is 11.3 Å². The van der Waals surface area contributed by atoms with Crippen molar-refractivity contribution in [2.75, 3.05) is 19.7 Å². The Kier molecular flexibility index (Phi) is 7.68. The largest absolute Gasteiger partial charge is 0.372 e. The highest BCUT2D eigenvalue weighted by Crippen LogP contribution is 2.10. The molecule has 0 spiro atoms. The minimum atomic E-state index is -0.415. The number of ether oxygens (including phenoxy) is 1. The minimum absolute atomic E-state index is 0.0549.